The molecule has 1 fully saturated rings. The largest absolute Gasteiger partial charge is 0.493 e. The average molecular weight is 404 g/mol. The fraction of sp³-hybridized carbons (Fsp3) is 0.316. The van der Waals surface area contributed by atoms with E-state index in [1.54, 1.807) is 6.07 Å². The van der Waals surface area contributed by atoms with Crippen LogP contribution >= 0.6 is 11.3 Å². The first-order valence-corrected chi connectivity index (χ1v) is 9.70. The minimum absolute atomic E-state index is 0.173. The second kappa shape index (κ2) is 7.67. The molecule has 0 radical (unpaired) electrons. The van der Waals surface area contributed by atoms with Gasteiger partial charge >= 0.3 is 0 Å². The lowest BCUT2D eigenvalue weighted by atomic mass is 9.98. The van der Waals surface area contributed by atoms with Gasteiger partial charge in [-0.05, 0) is 30.9 Å². The van der Waals surface area contributed by atoms with Gasteiger partial charge in [-0.2, -0.15) is 0 Å². The van der Waals surface area contributed by atoms with Crippen molar-refractivity contribution in [1.82, 2.24) is 9.97 Å². The zero-order chi connectivity index (χ0) is 19.7. The summed E-state index contributed by atoms with van der Waals surface area (Å²) >= 11 is 1.30. The number of carbonyl (C=O) groups is 1. The molecule has 0 unspecified atom stereocenters. The van der Waals surface area contributed by atoms with E-state index in [1.165, 1.54) is 29.7 Å². The van der Waals surface area contributed by atoms with Crippen LogP contribution in [0.3, 0.4) is 0 Å². The maximum atomic E-state index is 13.9. The molecule has 1 saturated heterocycles. The monoisotopic (exact) mass is 404 g/mol. The number of nitrogens with zero attached hydrogens (tertiary/aromatic N) is 3. The number of hydrogen-bond acceptors (Lipinski definition) is 6. The Hall–Kier alpha value is -2.81. The highest BCUT2D eigenvalue weighted by molar-refractivity contribution is 7.22. The zero-order valence-electron chi connectivity index (χ0n) is 14.9. The molecular formula is C19H18F2N4O2S. The smallest absolute Gasteiger partial charge is 0.267 e. The number of anilines is 1. The molecule has 0 spiro atoms. The Balaban J connectivity index is 1.35. The molecular weight excluding hydrogens is 386 g/mol. The van der Waals surface area contributed by atoms with Gasteiger partial charge < -0.3 is 15.4 Å². The molecule has 1 aliphatic heterocycles. The van der Waals surface area contributed by atoms with E-state index in [4.69, 9.17) is 10.5 Å². The SMILES string of the molecule is NC(=O)c1cc(OCC2CCN(c3nc4c(F)cc(F)cc4s3)CC2)ccn1. The standard InChI is InChI=1S/C19H18F2N4O2S/c20-12-7-14(21)17-16(8-12)28-19(24-17)25-5-2-11(3-6-25)10-27-13-1-4-23-15(9-13)18(22)26/h1,4,7-9,11H,2-3,5-6,10H2,(H2,22,26). The lowest BCUT2D eigenvalue weighted by molar-refractivity contribution is 0.0995. The van der Waals surface area contributed by atoms with Gasteiger partial charge in [-0.1, -0.05) is 11.3 Å². The van der Waals surface area contributed by atoms with Gasteiger partial charge in [0, 0.05) is 31.4 Å². The lowest BCUT2D eigenvalue weighted by Gasteiger charge is -2.31. The molecule has 9 heteroatoms. The Labute approximate surface area is 164 Å². The van der Waals surface area contributed by atoms with Crippen LogP contribution in [0.5, 0.6) is 5.75 Å². The predicted octanol–water partition coefficient (Wildman–Crippen LogP) is 3.36. The number of rotatable bonds is 5. The third-order valence-corrected chi connectivity index (χ3v) is 5.82. The number of amides is 1. The third kappa shape index (κ3) is 3.89. The summed E-state index contributed by atoms with van der Waals surface area (Å²) in [5, 5.41) is 0.708. The molecule has 0 bridgehead atoms. The van der Waals surface area contributed by atoms with Crippen molar-refractivity contribution >= 4 is 32.6 Å². The fourth-order valence-corrected chi connectivity index (χ4v) is 4.28. The van der Waals surface area contributed by atoms with E-state index >= 15 is 0 Å². The number of ether oxygens (including phenoxy) is 1. The lowest BCUT2D eigenvalue weighted by Crippen LogP contribution is -2.35. The van der Waals surface area contributed by atoms with Gasteiger partial charge in [0.05, 0.1) is 11.3 Å². The summed E-state index contributed by atoms with van der Waals surface area (Å²) in [7, 11) is 0. The van der Waals surface area contributed by atoms with Crippen LogP contribution in [0.2, 0.25) is 0 Å². The van der Waals surface area contributed by atoms with E-state index in [0.717, 1.165) is 32.0 Å². The van der Waals surface area contributed by atoms with E-state index in [1.807, 2.05) is 0 Å². The predicted molar refractivity (Wildman–Crippen MR) is 103 cm³/mol. The van der Waals surface area contributed by atoms with Crippen molar-refractivity contribution in [3.05, 3.63) is 47.8 Å². The molecule has 4 rings (SSSR count). The van der Waals surface area contributed by atoms with Gasteiger partial charge in [-0.25, -0.2) is 13.8 Å². The molecule has 2 N–H and O–H groups in total. The highest BCUT2D eigenvalue weighted by atomic mass is 32.1. The van der Waals surface area contributed by atoms with Crippen LogP contribution in [0.4, 0.5) is 13.9 Å². The van der Waals surface area contributed by atoms with Crippen LogP contribution in [-0.2, 0) is 0 Å². The van der Waals surface area contributed by atoms with Crippen LogP contribution < -0.4 is 15.4 Å². The van der Waals surface area contributed by atoms with Crippen molar-refractivity contribution in [2.45, 2.75) is 12.8 Å². The van der Waals surface area contributed by atoms with Crippen molar-refractivity contribution in [3.8, 4) is 5.75 Å². The number of hydrogen-bond donors (Lipinski definition) is 1. The van der Waals surface area contributed by atoms with Gasteiger partial charge in [0.25, 0.3) is 5.91 Å². The Morgan fingerprint density at radius 1 is 1.29 bits per heavy atom. The number of carbonyl (C=O) groups excluding carboxylic acids is 1. The van der Waals surface area contributed by atoms with E-state index in [2.05, 4.69) is 14.9 Å². The highest BCUT2D eigenvalue weighted by Gasteiger charge is 2.23. The average Bonchev–Trinajstić information content (AvgIpc) is 3.11. The molecule has 0 saturated carbocycles. The van der Waals surface area contributed by atoms with Crippen molar-refractivity contribution in [2.24, 2.45) is 11.7 Å². The van der Waals surface area contributed by atoms with E-state index < -0.39 is 17.5 Å². The Bertz CT molecular complexity index is 1020. The van der Waals surface area contributed by atoms with Crippen LogP contribution in [0, 0.1) is 17.6 Å². The Morgan fingerprint density at radius 3 is 2.82 bits per heavy atom. The van der Waals surface area contributed by atoms with Crippen LogP contribution in [0.1, 0.15) is 23.3 Å². The molecule has 6 nitrogen and oxygen atoms in total. The van der Waals surface area contributed by atoms with Crippen molar-refractivity contribution in [2.75, 3.05) is 24.6 Å². The zero-order valence-corrected chi connectivity index (χ0v) is 15.7. The number of nitrogens with two attached hydrogens (primary N) is 1. The summed E-state index contributed by atoms with van der Waals surface area (Å²) in [5.74, 6) is -0.897. The summed E-state index contributed by atoms with van der Waals surface area (Å²) in [6, 6.07) is 5.40. The number of pyridine rings is 1. The normalized spacial score (nSPS) is 15.1. The number of aromatic nitrogens is 2. The van der Waals surface area contributed by atoms with Gasteiger partial charge in [0.1, 0.15) is 22.8 Å². The second-order valence-corrected chi connectivity index (χ2v) is 7.72. The first kappa shape index (κ1) is 18.5. The summed E-state index contributed by atoms with van der Waals surface area (Å²) in [4.78, 5) is 21.5. The van der Waals surface area contributed by atoms with Gasteiger partial charge in [0.2, 0.25) is 0 Å². The molecule has 2 aromatic heterocycles. The van der Waals surface area contributed by atoms with E-state index in [9.17, 15) is 13.6 Å². The van der Waals surface area contributed by atoms with E-state index in [-0.39, 0.29) is 11.2 Å². The first-order valence-electron chi connectivity index (χ1n) is 8.89. The number of primary amides is 1. The molecule has 0 aliphatic carbocycles. The quantitative estimate of drug-likeness (QED) is 0.705. The summed E-state index contributed by atoms with van der Waals surface area (Å²) < 4.78 is 33.5. The molecule has 3 heterocycles. The number of thiazole rings is 1. The third-order valence-electron chi connectivity index (χ3n) is 4.76. The van der Waals surface area contributed by atoms with E-state index in [0.29, 0.717) is 28.1 Å². The topological polar surface area (TPSA) is 81.3 Å². The Kier molecular flexibility index (Phi) is 5.08. The molecule has 1 aliphatic rings. The highest BCUT2D eigenvalue weighted by Crippen LogP contribution is 2.33. The van der Waals surface area contributed by atoms with Crippen LogP contribution in [0.15, 0.2) is 30.5 Å². The molecule has 1 aromatic carbocycles. The van der Waals surface area contributed by atoms with Crippen LogP contribution in [-0.4, -0.2) is 35.6 Å². The number of fused-ring (bicyclic) bond motifs is 1. The maximum absolute atomic E-state index is 13.9. The molecule has 1 amide bonds. The van der Waals surface area contributed by atoms with Crippen molar-refractivity contribution in [3.63, 3.8) is 0 Å². The molecule has 0 atom stereocenters. The first-order chi connectivity index (χ1) is 13.5. The van der Waals surface area contributed by atoms with Crippen molar-refractivity contribution < 1.29 is 18.3 Å². The number of halogens is 2. The van der Waals surface area contributed by atoms with Crippen LogP contribution in [0.25, 0.3) is 10.2 Å². The molecule has 146 valence electrons. The Morgan fingerprint density at radius 2 is 2.07 bits per heavy atom. The summed E-state index contributed by atoms with van der Waals surface area (Å²) in [5.41, 5.74) is 5.62. The minimum Gasteiger partial charge on any atom is -0.493 e. The molecule has 3 aromatic rings. The number of piperidine rings is 1. The second-order valence-electron chi connectivity index (χ2n) is 6.71. The van der Waals surface area contributed by atoms with Gasteiger partial charge in [-0.3, -0.25) is 9.78 Å². The summed E-state index contributed by atoms with van der Waals surface area (Å²) in [6.07, 6.45) is 3.27. The van der Waals surface area contributed by atoms with Crippen molar-refractivity contribution in [1.29, 1.82) is 0 Å². The van der Waals surface area contributed by atoms with Gasteiger partial charge in [-0.15, -0.1) is 0 Å². The number of benzene rings is 1. The fourth-order valence-electron chi connectivity index (χ4n) is 3.22. The minimum atomic E-state index is -0.631. The summed E-state index contributed by atoms with van der Waals surface area (Å²) in [6.45, 7) is 2.05. The molecule has 28 heavy (non-hydrogen) atoms. The maximum Gasteiger partial charge on any atom is 0.267 e. The van der Waals surface area contributed by atoms with Gasteiger partial charge in [0.15, 0.2) is 10.9 Å².